The number of nitro groups is 1. The third-order valence-electron chi connectivity index (χ3n) is 7.98. The predicted molar refractivity (Wildman–Crippen MR) is 164 cm³/mol. The van der Waals surface area contributed by atoms with Gasteiger partial charge in [-0.2, -0.15) is 0 Å². The SMILES string of the molecule is CC(C)c1cc(C(C)C)c2cc(C(C)C)c3c([N+](=O)[O-])c4c(c5c(C(C)C)cc1c2c53)[15N]=[O+]C4(C)C.[F][Sb-]([F])([F])([F])([F])[F]. The number of fused-ring (bicyclic) bond motifs is 2. The molecule has 43 heavy (non-hydrogen) atoms. The second kappa shape index (κ2) is 9.66. The summed E-state index contributed by atoms with van der Waals surface area (Å²) in [4.78, 5) is 12.6. The van der Waals surface area contributed by atoms with Crippen LogP contribution in [0.25, 0.3) is 32.3 Å². The van der Waals surface area contributed by atoms with Crippen LogP contribution in [0.4, 0.5) is 28.3 Å². The molecule has 1 heterocycles. The third kappa shape index (κ3) is 6.29. The molecule has 236 valence electrons. The van der Waals surface area contributed by atoms with Gasteiger partial charge in [0.1, 0.15) is 0 Å². The van der Waals surface area contributed by atoms with Crippen molar-refractivity contribution in [2.24, 2.45) is 5.18 Å². The molecule has 0 N–H and O–H groups in total. The van der Waals surface area contributed by atoms with Gasteiger partial charge in [-0.05, 0) is 74.2 Å². The average Bonchev–Trinajstić information content (AvgIpc) is 3.12. The van der Waals surface area contributed by atoms with Crippen molar-refractivity contribution < 1.29 is 21.8 Å². The molecular formula is C31H37F6N2O3Sb. The molecule has 0 unspecified atom stereocenters. The first-order chi connectivity index (χ1) is 19.2. The maximum absolute atomic E-state index is 12.8. The molecule has 0 saturated heterocycles. The van der Waals surface area contributed by atoms with Crippen LogP contribution >= 0.6 is 0 Å². The number of halogens is 6. The van der Waals surface area contributed by atoms with Crippen LogP contribution in [-0.4, -0.2) is 24.4 Å². The van der Waals surface area contributed by atoms with Crippen LogP contribution in [-0.2, 0) is 5.60 Å². The number of rotatable bonds is 5. The molecule has 1 aliphatic heterocycles. The van der Waals surface area contributed by atoms with Crippen molar-refractivity contribution >= 4 is 63.2 Å². The van der Waals surface area contributed by atoms with E-state index in [1.807, 2.05) is 13.8 Å². The van der Waals surface area contributed by atoms with Gasteiger partial charge in [0, 0.05) is 24.6 Å². The minimum atomic E-state index is -11.2. The minimum absolute atomic E-state index is 0.114. The van der Waals surface area contributed by atoms with Crippen molar-refractivity contribution in [2.45, 2.75) is 98.5 Å². The van der Waals surface area contributed by atoms with E-state index in [2.05, 4.69) is 78.8 Å². The van der Waals surface area contributed by atoms with Crippen molar-refractivity contribution in [3.63, 3.8) is 0 Å². The molecular weight excluding hydrogens is 685 g/mol. The molecule has 0 amide bonds. The molecule has 1 aliphatic rings. The number of benzene rings is 4. The molecule has 4 aromatic carbocycles. The van der Waals surface area contributed by atoms with Gasteiger partial charge in [0.25, 0.3) is 5.69 Å². The van der Waals surface area contributed by atoms with E-state index in [1.165, 1.54) is 27.5 Å². The summed E-state index contributed by atoms with van der Waals surface area (Å²) in [6.45, 7) is 21.3. The van der Waals surface area contributed by atoms with Gasteiger partial charge < -0.3 is 0 Å². The standard InChI is InChI=1S/C31H37N2O3.6FH.Sb/c1-14(2)18-11-19(15(3)4)23-13-21(17(7)8)26-27-24(23)22(18)12-20(16(5)6)25(27)29-28(30(26)33(34)35)31(9,10)36-32-29;;;;;;;/h11-17H,1-10H3;6*1H;/q+1;;;;;;;+5/p-6/i32+1;;;;;;;. The molecule has 5 rings (SSSR count). The first kappa shape index (κ1) is 33.2. The normalized spacial score (nSPS) is 16.5. The molecule has 0 atom stereocenters. The van der Waals surface area contributed by atoms with E-state index in [1.54, 1.807) is 0 Å². The predicted octanol–water partition coefficient (Wildman–Crippen LogP) is 12.3. The van der Waals surface area contributed by atoms with Gasteiger partial charge in [-0.15, -0.1) is 4.54 Å². The molecule has 0 spiro atoms. The maximum atomic E-state index is 12.8. The molecule has 0 bridgehead atoms. The van der Waals surface area contributed by atoms with Crippen molar-refractivity contribution in [3.8, 4) is 0 Å². The fraction of sp³-hybridized carbons (Fsp3) is 0.484. The Hall–Kier alpha value is -2.68. The van der Waals surface area contributed by atoms with Crippen molar-refractivity contribution in [2.75, 3.05) is 0 Å². The zero-order chi connectivity index (χ0) is 32.8. The Balaban J connectivity index is 0.000000541. The number of hydrogen-bond acceptors (Lipinski definition) is 3. The van der Waals surface area contributed by atoms with E-state index in [0.717, 1.165) is 27.1 Å². The number of nitroso groups, excluding NO2 is 1. The van der Waals surface area contributed by atoms with E-state index in [9.17, 15) is 27.0 Å². The summed E-state index contributed by atoms with van der Waals surface area (Å²) >= 11 is -11.2. The Bertz CT molecular complexity index is 1790. The van der Waals surface area contributed by atoms with Gasteiger partial charge in [-0.1, -0.05) is 61.5 Å². The van der Waals surface area contributed by atoms with E-state index in [4.69, 9.17) is 4.54 Å². The van der Waals surface area contributed by atoms with Crippen molar-refractivity contribution in [3.05, 3.63) is 60.7 Å². The zero-order valence-electron chi connectivity index (χ0n) is 25.9. The van der Waals surface area contributed by atoms with Gasteiger partial charge in [0.2, 0.25) is 0 Å². The zero-order valence-corrected chi connectivity index (χ0v) is 28.4. The van der Waals surface area contributed by atoms with Gasteiger partial charge in [0.05, 0.1) is 10.3 Å². The van der Waals surface area contributed by atoms with Crippen LogP contribution in [0.2, 0.25) is 0 Å². The average molecular weight is 722 g/mol. The number of nitrogens with zero attached hydrogens (tertiary/aromatic N) is 2. The number of nitro benzene ring substituents is 1. The second-order valence-corrected chi connectivity index (χ2v) is 18.7. The van der Waals surface area contributed by atoms with E-state index in [0.29, 0.717) is 23.1 Å². The van der Waals surface area contributed by atoms with Gasteiger partial charge in [-0.3, -0.25) is 10.1 Å². The molecule has 4 aromatic rings. The topological polar surface area (TPSA) is 66.8 Å². The van der Waals surface area contributed by atoms with Gasteiger partial charge in [-0.25, -0.2) is 0 Å². The van der Waals surface area contributed by atoms with Crippen LogP contribution in [0.5, 0.6) is 0 Å². The van der Waals surface area contributed by atoms with E-state index in [-0.39, 0.29) is 22.4 Å². The van der Waals surface area contributed by atoms with Crippen LogP contribution < -0.4 is 0 Å². The molecule has 0 saturated carbocycles. The summed E-state index contributed by atoms with van der Waals surface area (Å²) in [5, 5.41) is 23.7. The van der Waals surface area contributed by atoms with Crippen LogP contribution in [0.15, 0.2) is 23.4 Å². The molecule has 0 fully saturated rings. The Morgan fingerprint density at radius 3 is 1.47 bits per heavy atom. The summed E-state index contributed by atoms with van der Waals surface area (Å²) in [7, 11) is 0. The van der Waals surface area contributed by atoms with E-state index >= 15 is 0 Å². The van der Waals surface area contributed by atoms with E-state index < -0.39 is 25.1 Å². The Kier molecular flexibility index (Phi) is 7.46. The molecule has 0 aromatic heterocycles. The van der Waals surface area contributed by atoms with Crippen molar-refractivity contribution in [1.29, 1.82) is 0 Å². The molecule has 5 nitrogen and oxygen atoms in total. The Labute approximate surface area is 248 Å². The van der Waals surface area contributed by atoms with Gasteiger partial charge >= 0.3 is 42.0 Å². The summed E-state index contributed by atoms with van der Waals surface area (Å²) in [5.74, 6) is 0.977. The molecule has 0 aliphatic carbocycles. The summed E-state index contributed by atoms with van der Waals surface area (Å²) in [6, 6.07) is 6.94. The van der Waals surface area contributed by atoms with Gasteiger partial charge in [0.15, 0.2) is 16.4 Å². The first-order valence-electron chi connectivity index (χ1n) is 14.2. The first-order valence-corrected chi connectivity index (χ1v) is 20.0. The van der Waals surface area contributed by atoms with Crippen LogP contribution in [0.1, 0.15) is 121 Å². The van der Waals surface area contributed by atoms with Crippen molar-refractivity contribution in [1.82, 2.24) is 0 Å². The second-order valence-electron chi connectivity index (χ2n) is 13.2. The fourth-order valence-corrected chi connectivity index (χ4v) is 6.24. The summed E-state index contributed by atoms with van der Waals surface area (Å²) < 4.78 is 65.4. The monoisotopic (exact) mass is 721 g/mol. The molecule has 0 radical (unpaired) electrons. The van der Waals surface area contributed by atoms with Crippen LogP contribution in [0, 0.1) is 14.7 Å². The fourth-order valence-electron chi connectivity index (χ4n) is 6.24. The third-order valence-corrected chi connectivity index (χ3v) is 7.98. The summed E-state index contributed by atoms with van der Waals surface area (Å²) in [6.07, 6.45) is 0. The Morgan fingerprint density at radius 2 is 1.09 bits per heavy atom. The Morgan fingerprint density at radius 1 is 0.698 bits per heavy atom. The molecule has 12 heteroatoms. The summed E-state index contributed by atoms with van der Waals surface area (Å²) in [5.41, 5.74) is 5.28. The quantitative estimate of drug-likeness (QED) is 0.0391. The number of hydrogen-bond donors (Lipinski definition) is 0. The van der Waals surface area contributed by atoms with Crippen LogP contribution in [0.3, 0.4) is 0 Å².